The molecule has 0 unspecified atom stereocenters. The van der Waals surface area contributed by atoms with E-state index in [1.54, 1.807) is 0 Å². The van der Waals surface area contributed by atoms with E-state index in [2.05, 4.69) is 65.5 Å². The van der Waals surface area contributed by atoms with Crippen molar-refractivity contribution >= 4 is 22.2 Å². The molecule has 1 aliphatic carbocycles. The normalized spacial score (nSPS) is 14.4. The van der Waals surface area contributed by atoms with Crippen LogP contribution >= 0.6 is 0 Å². The van der Waals surface area contributed by atoms with E-state index in [9.17, 15) is 4.79 Å². The van der Waals surface area contributed by atoms with Gasteiger partial charge >= 0.3 is 0 Å². The van der Waals surface area contributed by atoms with Crippen LogP contribution in [0.2, 0.25) is 0 Å². The third kappa shape index (κ3) is 5.59. The molecule has 0 amide bonds. The Morgan fingerprint density at radius 2 is 1.77 bits per heavy atom. The number of nitrogens with zero attached hydrogens (tertiary/aromatic N) is 2. The summed E-state index contributed by atoms with van der Waals surface area (Å²) in [7, 11) is 0. The summed E-state index contributed by atoms with van der Waals surface area (Å²) in [6.07, 6.45) is 12.3. The lowest BCUT2D eigenvalue weighted by atomic mass is 9.83. The topological polar surface area (TPSA) is 54.9 Å². The zero-order valence-electron chi connectivity index (χ0n) is 20.6. The highest BCUT2D eigenvalue weighted by molar-refractivity contribution is 5.98. The average Bonchev–Trinajstić information content (AvgIpc) is 2.88. The average molecular weight is 464 g/mol. The maximum Gasteiger partial charge on any atom is 0.168 e. The fourth-order valence-corrected chi connectivity index (χ4v) is 5.14. The van der Waals surface area contributed by atoms with Crippen LogP contribution in [-0.2, 0) is 6.42 Å². The van der Waals surface area contributed by atoms with Crippen LogP contribution in [0.3, 0.4) is 0 Å². The largest absolute Gasteiger partial charge is 0.382 e. The molecule has 0 atom stereocenters. The number of rotatable bonds is 7. The van der Waals surface area contributed by atoms with Gasteiger partial charge < -0.3 is 5.32 Å². The number of nitrogens with one attached hydrogen (secondary N) is 1. The molecule has 1 N–H and O–H groups in total. The molecule has 2 heterocycles. The minimum absolute atomic E-state index is 0.127. The fourth-order valence-electron chi connectivity index (χ4n) is 5.14. The van der Waals surface area contributed by atoms with Crippen LogP contribution in [0.25, 0.3) is 21.9 Å². The Morgan fingerprint density at radius 3 is 2.60 bits per heavy atom. The van der Waals surface area contributed by atoms with Crippen LogP contribution < -0.4 is 5.32 Å². The summed E-state index contributed by atoms with van der Waals surface area (Å²) in [6, 6.07) is 19.1. The van der Waals surface area contributed by atoms with Crippen LogP contribution in [0, 0.1) is 0 Å². The molecule has 4 heteroatoms. The fraction of sp³-hybridized carbons (Fsp3) is 0.323. The first kappa shape index (κ1) is 23.2. The van der Waals surface area contributed by atoms with Gasteiger partial charge in [-0.2, -0.15) is 0 Å². The molecular weight excluding hydrogens is 430 g/mol. The van der Waals surface area contributed by atoms with Gasteiger partial charge in [-0.3, -0.25) is 14.8 Å². The van der Waals surface area contributed by atoms with Crippen molar-refractivity contribution in [2.75, 3.05) is 5.32 Å². The molecule has 0 bridgehead atoms. The second kappa shape index (κ2) is 10.4. The van der Waals surface area contributed by atoms with E-state index >= 15 is 0 Å². The minimum atomic E-state index is 0.127. The van der Waals surface area contributed by atoms with E-state index in [0.29, 0.717) is 18.4 Å². The van der Waals surface area contributed by atoms with Crippen molar-refractivity contribution in [3.8, 4) is 11.1 Å². The van der Waals surface area contributed by atoms with Gasteiger partial charge in [-0.15, -0.1) is 0 Å². The highest BCUT2D eigenvalue weighted by Crippen LogP contribution is 2.33. The molecule has 2 aromatic carbocycles. The summed E-state index contributed by atoms with van der Waals surface area (Å²) < 4.78 is 0. The molecule has 0 saturated heterocycles. The smallest absolute Gasteiger partial charge is 0.168 e. The van der Waals surface area contributed by atoms with Gasteiger partial charge in [0, 0.05) is 46.8 Å². The second-order valence-corrected chi connectivity index (χ2v) is 10.1. The number of hydrogen-bond donors (Lipinski definition) is 1. The number of Topliss-reactive ketones (excluding diaryl/α,β-unsaturated/α-hetero) is 1. The van der Waals surface area contributed by atoms with E-state index in [1.807, 2.05) is 36.8 Å². The first-order chi connectivity index (χ1) is 17.0. The van der Waals surface area contributed by atoms with Crippen LogP contribution in [-0.4, -0.2) is 21.8 Å². The predicted molar refractivity (Wildman–Crippen MR) is 144 cm³/mol. The summed E-state index contributed by atoms with van der Waals surface area (Å²) in [6.45, 7) is 4.23. The van der Waals surface area contributed by atoms with Gasteiger partial charge in [0.1, 0.15) is 0 Å². The van der Waals surface area contributed by atoms with Gasteiger partial charge in [-0.25, -0.2) is 0 Å². The van der Waals surface area contributed by atoms with Gasteiger partial charge in [-0.05, 0) is 73.4 Å². The lowest BCUT2D eigenvalue weighted by Gasteiger charge is -2.22. The SMILES string of the molecule is CC(C)Nc1cncc(-c2ccc3cnc(CC(=O)c4cccc(C5CCCCC5)c4)cc3c2)c1. The first-order valence-corrected chi connectivity index (χ1v) is 12.8. The molecule has 1 fully saturated rings. The second-order valence-electron chi connectivity index (χ2n) is 10.1. The molecule has 178 valence electrons. The summed E-state index contributed by atoms with van der Waals surface area (Å²) in [5.74, 6) is 0.722. The Morgan fingerprint density at radius 1 is 0.914 bits per heavy atom. The number of hydrogen-bond acceptors (Lipinski definition) is 4. The number of pyridine rings is 2. The van der Waals surface area contributed by atoms with Gasteiger partial charge in [0.25, 0.3) is 0 Å². The molecule has 2 aromatic heterocycles. The predicted octanol–water partition coefficient (Wildman–Crippen LogP) is 7.59. The van der Waals surface area contributed by atoms with Crippen molar-refractivity contribution in [2.45, 2.75) is 64.3 Å². The van der Waals surface area contributed by atoms with E-state index in [1.165, 1.54) is 37.7 Å². The van der Waals surface area contributed by atoms with E-state index in [0.717, 1.165) is 38.8 Å². The Kier molecular flexibility index (Phi) is 6.89. The van der Waals surface area contributed by atoms with E-state index in [4.69, 9.17) is 0 Å². The Labute approximate surface area is 207 Å². The zero-order valence-corrected chi connectivity index (χ0v) is 20.6. The summed E-state index contributed by atoms with van der Waals surface area (Å²) in [4.78, 5) is 22.1. The molecule has 4 nitrogen and oxygen atoms in total. The number of aromatic nitrogens is 2. The maximum absolute atomic E-state index is 13.1. The highest BCUT2D eigenvalue weighted by Gasteiger charge is 2.17. The van der Waals surface area contributed by atoms with Crippen LogP contribution in [0.5, 0.6) is 0 Å². The third-order valence-electron chi connectivity index (χ3n) is 6.93. The Bertz CT molecular complexity index is 1340. The van der Waals surface area contributed by atoms with E-state index < -0.39 is 0 Å². The number of anilines is 1. The highest BCUT2D eigenvalue weighted by atomic mass is 16.1. The quantitative estimate of drug-likeness (QED) is 0.287. The van der Waals surface area contributed by atoms with Crippen molar-refractivity contribution in [1.29, 1.82) is 0 Å². The van der Waals surface area contributed by atoms with Crippen molar-refractivity contribution in [1.82, 2.24) is 9.97 Å². The standard InChI is InChI=1S/C31H33N3O/c1-21(2)34-30-16-28(18-32-20-30)24-11-12-26-19-33-29(15-27(26)14-24)17-31(35)25-10-6-9-23(13-25)22-7-4-3-5-8-22/h6,9-16,18-22,34H,3-5,7-8,17H2,1-2H3. The van der Waals surface area contributed by atoms with Gasteiger partial charge in [0.15, 0.2) is 5.78 Å². The molecule has 5 rings (SSSR count). The lowest BCUT2D eigenvalue weighted by Crippen LogP contribution is -2.09. The number of ketones is 1. The number of carbonyl (C=O) groups is 1. The van der Waals surface area contributed by atoms with Crippen molar-refractivity contribution < 1.29 is 4.79 Å². The summed E-state index contributed by atoms with van der Waals surface area (Å²) >= 11 is 0. The van der Waals surface area contributed by atoms with E-state index in [-0.39, 0.29) is 5.78 Å². The van der Waals surface area contributed by atoms with Crippen LogP contribution in [0.1, 0.15) is 73.5 Å². The molecule has 35 heavy (non-hydrogen) atoms. The van der Waals surface area contributed by atoms with Crippen molar-refractivity contribution in [3.63, 3.8) is 0 Å². The Balaban J connectivity index is 1.36. The molecular formula is C31H33N3O. The number of carbonyl (C=O) groups excluding carboxylic acids is 1. The van der Waals surface area contributed by atoms with Crippen molar-refractivity contribution in [3.05, 3.63) is 90.0 Å². The van der Waals surface area contributed by atoms with Crippen LogP contribution in [0.4, 0.5) is 5.69 Å². The number of benzene rings is 2. The monoisotopic (exact) mass is 463 g/mol. The minimum Gasteiger partial charge on any atom is -0.382 e. The summed E-state index contributed by atoms with van der Waals surface area (Å²) in [5.41, 5.74) is 6.08. The van der Waals surface area contributed by atoms with Crippen molar-refractivity contribution in [2.24, 2.45) is 0 Å². The molecule has 0 radical (unpaired) electrons. The molecule has 0 spiro atoms. The number of fused-ring (bicyclic) bond motifs is 1. The molecule has 1 saturated carbocycles. The van der Waals surface area contributed by atoms with Gasteiger partial charge in [0.05, 0.1) is 12.1 Å². The Hall–Kier alpha value is -3.53. The lowest BCUT2D eigenvalue weighted by molar-refractivity contribution is 0.0992. The third-order valence-corrected chi connectivity index (χ3v) is 6.93. The summed E-state index contributed by atoms with van der Waals surface area (Å²) in [5, 5.41) is 5.56. The van der Waals surface area contributed by atoms with Crippen LogP contribution in [0.15, 0.2) is 73.2 Å². The maximum atomic E-state index is 13.1. The van der Waals surface area contributed by atoms with Gasteiger partial charge in [0.2, 0.25) is 0 Å². The first-order valence-electron chi connectivity index (χ1n) is 12.8. The molecule has 1 aliphatic rings. The molecule has 0 aliphatic heterocycles. The van der Waals surface area contributed by atoms with Gasteiger partial charge in [-0.1, -0.05) is 49.6 Å². The molecule has 4 aromatic rings. The zero-order chi connectivity index (χ0) is 24.2.